The number of anilines is 4. The number of nitrogens with two attached hydrogens (primary N) is 1. The summed E-state index contributed by atoms with van der Waals surface area (Å²) in [6.45, 7) is 16.8. The molecule has 0 saturated heterocycles. The maximum Gasteiger partial charge on any atom is 0.264 e. The molecule has 2 fully saturated rings. The summed E-state index contributed by atoms with van der Waals surface area (Å²) < 4.78 is 60.3. The van der Waals surface area contributed by atoms with Crippen molar-refractivity contribution >= 4 is 70.8 Å². The summed E-state index contributed by atoms with van der Waals surface area (Å²) in [5.74, 6) is 3.31. The standard InChI is InChI=1S/C28H38N4O3S.C25H34N4O2S/c1-6-26(33)29-21-12-15-23(16-13-21)36(34,35)31(5)22-14-17-25-24(18-22)30-27(28(2,3)4)32(25)19-20-10-8-7-9-11-20;1-25(2,3)24-27-22-16-20(28(4)32(30,31)21-13-10-19(26)11-14-21)12-15-23(22)29(24)17-18-8-6-5-7-9-18/h12-18,20H,6-11,19H2,1-5H3,(H,29,33);10-16,18H,5-9,17,26H2,1-4H3. The second kappa shape index (κ2) is 20.3. The van der Waals surface area contributed by atoms with Crippen molar-refractivity contribution in [2.24, 2.45) is 11.8 Å². The van der Waals surface area contributed by atoms with Gasteiger partial charge in [-0.2, -0.15) is 0 Å². The van der Waals surface area contributed by atoms with Gasteiger partial charge in [0.1, 0.15) is 11.6 Å². The second-order valence-electron chi connectivity index (χ2n) is 20.9. The SMILES string of the molecule is CCC(=O)Nc1ccc(S(=O)(=O)N(C)c2ccc3c(c2)nc(C(C)(C)C)n3CC2CCCCC2)cc1.CN(c1ccc2c(c1)nc(C(C)(C)C)n2CC1CCCCC1)S(=O)(=O)c1ccc(N)cc1. The molecule has 68 heavy (non-hydrogen) atoms. The number of imidazole rings is 2. The summed E-state index contributed by atoms with van der Waals surface area (Å²) in [7, 11) is -4.33. The predicted octanol–water partition coefficient (Wildman–Crippen LogP) is 11.4. The molecule has 0 bridgehead atoms. The van der Waals surface area contributed by atoms with E-state index in [-0.39, 0.29) is 26.5 Å². The van der Waals surface area contributed by atoms with Crippen LogP contribution in [-0.4, -0.2) is 55.9 Å². The number of hydrogen-bond donors (Lipinski definition) is 2. The number of aromatic nitrogens is 4. The smallest absolute Gasteiger partial charge is 0.264 e. The quantitative estimate of drug-likeness (QED) is 0.114. The molecule has 2 aliphatic carbocycles. The molecule has 0 radical (unpaired) electrons. The number of nitrogens with one attached hydrogen (secondary N) is 1. The van der Waals surface area contributed by atoms with Crippen LogP contribution in [0.4, 0.5) is 22.7 Å². The Morgan fingerprint density at radius 1 is 0.618 bits per heavy atom. The summed E-state index contributed by atoms with van der Waals surface area (Å²) in [5, 5.41) is 2.74. The largest absolute Gasteiger partial charge is 0.399 e. The average Bonchev–Trinajstić information content (AvgIpc) is 3.87. The van der Waals surface area contributed by atoms with E-state index in [0.29, 0.717) is 41.0 Å². The van der Waals surface area contributed by atoms with Crippen molar-refractivity contribution in [3.8, 4) is 0 Å². The Balaban J connectivity index is 0.000000203. The second-order valence-corrected chi connectivity index (χ2v) is 24.8. The molecule has 0 atom stereocenters. The molecule has 0 unspecified atom stereocenters. The van der Waals surface area contributed by atoms with Crippen LogP contribution >= 0.6 is 0 Å². The number of nitrogen functional groups attached to an aromatic ring is 1. The van der Waals surface area contributed by atoms with Crippen molar-refractivity contribution in [1.29, 1.82) is 0 Å². The summed E-state index contributed by atoms with van der Waals surface area (Å²) in [6, 6.07) is 24.1. The van der Waals surface area contributed by atoms with Gasteiger partial charge in [-0.3, -0.25) is 13.4 Å². The van der Waals surface area contributed by atoms with Gasteiger partial charge in [0.05, 0.1) is 43.2 Å². The Kier molecular flexibility index (Phi) is 15.1. The van der Waals surface area contributed by atoms with Crippen LogP contribution in [0.3, 0.4) is 0 Å². The molecule has 2 aromatic heterocycles. The van der Waals surface area contributed by atoms with E-state index in [4.69, 9.17) is 15.7 Å². The van der Waals surface area contributed by atoms with Gasteiger partial charge in [0, 0.05) is 55.8 Å². The van der Waals surface area contributed by atoms with Gasteiger partial charge in [-0.05, 0) is 122 Å². The van der Waals surface area contributed by atoms with E-state index < -0.39 is 20.0 Å². The number of benzene rings is 4. The van der Waals surface area contributed by atoms with Gasteiger partial charge < -0.3 is 20.2 Å². The van der Waals surface area contributed by atoms with Crippen LogP contribution in [0, 0.1) is 11.8 Å². The van der Waals surface area contributed by atoms with Crippen LogP contribution in [0.2, 0.25) is 0 Å². The topological polar surface area (TPSA) is 166 Å². The monoisotopic (exact) mass is 965 g/mol. The zero-order valence-corrected chi connectivity index (χ0v) is 43.2. The van der Waals surface area contributed by atoms with Crippen LogP contribution < -0.4 is 19.7 Å². The molecule has 6 aromatic rings. The molecule has 4 aromatic carbocycles. The molecule has 3 N–H and O–H groups in total. The van der Waals surface area contributed by atoms with Crippen LogP contribution in [0.1, 0.15) is 131 Å². The Labute approximate surface area is 404 Å². The first-order valence-corrected chi connectivity index (χ1v) is 27.2. The molecule has 8 rings (SSSR count). The van der Waals surface area contributed by atoms with Gasteiger partial charge in [-0.15, -0.1) is 0 Å². The molecule has 13 nitrogen and oxygen atoms in total. The van der Waals surface area contributed by atoms with E-state index in [0.717, 1.165) is 46.8 Å². The number of rotatable bonds is 12. The molecule has 0 spiro atoms. The molecule has 366 valence electrons. The predicted molar refractivity (Wildman–Crippen MR) is 277 cm³/mol. The number of amides is 1. The first-order chi connectivity index (χ1) is 32.1. The number of fused-ring (bicyclic) bond motifs is 2. The molecular weight excluding hydrogens is 893 g/mol. The van der Waals surface area contributed by atoms with Gasteiger partial charge in [0.15, 0.2) is 0 Å². The van der Waals surface area contributed by atoms with Crippen LogP contribution in [0.5, 0.6) is 0 Å². The van der Waals surface area contributed by atoms with Crippen molar-refractivity contribution in [1.82, 2.24) is 19.1 Å². The Hall–Kier alpha value is -5.41. The number of sulfonamides is 2. The third kappa shape index (κ3) is 11.2. The zero-order valence-electron chi connectivity index (χ0n) is 41.5. The van der Waals surface area contributed by atoms with Crippen molar-refractivity contribution in [3.63, 3.8) is 0 Å². The molecule has 2 aliphatic rings. The van der Waals surface area contributed by atoms with E-state index in [2.05, 4.69) is 56.0 Å². The highest BCUT2D eigenvalue weighted by Gasteiger charge is 2.29. The van der Waals surface area contributed by atoms with Gasteiger partial charge in [0.2, 0.25) is 5.91 Å². The number of nitrogens with zero attached hydrogens (tertiary/aromatic N) is 6. The Morgan fingerprint density at radius 3 is 1.37 bits per heavy atom. The molecule has 2 heterocycles. The summed E-state index contributed by atoms with van der Waals surface area (Å²) in [5.41, 5.74) is 11.5. The first kappa shape index (κ1) is 50.5. The molecular formula is C53H72N8O5S2. The maximum atomic E-state index is 13.4. The summed E-state index contributed by atoms with van der Waals surface area (Å²) in [6.07, 6.45) is 13.3. The highest BCUT2D eigenvalue weighted by Crippen LogP contribution is 2.36. The van der Waals surface area contributed by atoms with Crippen molar-refractivity contribution in [2.75, 3.05) is 33.8 Å². The highest BCUT2D eigenvalue weighted by molar-refractivity contribution is 7.93. The number of hydrogen-bond acceptors (Lipinski definition) is 8. The third-order valence-electron chi connectivity index (χ3n) is 13.5. The van der Waals surface area contributed by atoms with Gasteiger partial charge in [-0.1, -0.05) is 87.0 Å². The van der Waals surface area contributed by atoms with Gasteiger partial charge in [0.25, 0.3) is 20.0 Å². The molecule has 15 heteroatoms. The van der Waals surface area contributed by atoms with Crippen molar-refractivity contribution in [2.45, 2.75) is 153 Å². The Bertz CT molecular complexity index is 2940. The fourth-order valence-electron chi connectivity index (χ4n) is 9.59. The lowest BCUT2D eigenvalue weighted by Gasteiger charge is -2.26. The van der Waals surface area contributed by atoms with Gasteiger partial charge >= 0.3 is 0 Å². The lowest BCUT2D eigenvalue weighted by molar-refractivity contribution is -0.115. The lowest BCUT2D eigenvalue weighted by Crippen LogP contribution is -2.26. The third-order valence-corrected chi connectivity index (χ3v) is 17.1. The van der Waals surface area contributed by atoms with Crippen LogP contribution in [0.15, 0.2) is 94.7 Å². The maximum absolute atomic E-state index is 13.4. The Morgan fingerprint density at radius 2 is 1.00 bits per heavy atom. The van der Waals surface area contributed by atoms with E-state index in [9.17, 15) is 21.6 Å². The number of carbonyl (C=O) groups is 1. The molecule has 2 saturated carbocycles. The van der Waals surface area contributed by atoms with Crippen LogP contribution in [0.25, 0.3) is 22.1 Å². The number of carbonyl (C=O) groups excluding carboxylic acids is 1. The van der Waals surface area contributed by atoms with E-state index in [1.807, 2.05) is 36.4 Å². The first-order valence-electron chi connectivity index (χ1n) is 24.3. The molecule has 1 amide bonds. The van der Waals surface area contributed by atoms with Crippen molar-refractivity contribution in [3.05, 3.63) is 96.6 Å². The summed E-state index contributed by atoms with van der Waals surface area (Å²) in [4.78, 5) is 22.0. The van der Waals surface area contributed by atoms with Crippen LogP contribution in [-0.2, 0) is 48.8 Å². The minimum absolute atomic E-state index is 0.101. The van der Waals surface area contributed by atoms with E-state index >= 15 is 0 Å². The van der Waals surface area contributed by atoms with E-state index in [1.165, 1.54) is 97.1 Å². The zero-order chi connectivity index (χ0) is 49.2. The average molecular weight is 965 g/mol. The molecule has 0 aliphatic heterocycles. The fraction of sp³-hybridized carbons (Fsp3) is 0.491. The minimum Gasteiger partial charge on any atom is -0.399 e. The lowest BCUT2D eigenvalue weighted by atomic mass is 9.88. The fourth-order valence-corrected chi connectivity index (χ4v) is 12.0. The van der Waals surface area contributed by atoms with Crippen molar-refractivity contribution < 1.29 is 21.6 Å². The normalized spacial score (nSPS) is 15.5. The highest BCUT2D eigenvalue weighted by atomic mass is 32.2. The summed E-state index contributed by atoms with van der Waals surface area (Å²) >= 11 is 0. The minimum atomic E-state index is -3.78. The van der Waals surface area contributed by atoms with E-state index in [1.54, 1.807) is 45.3 Å². The van der Waals surface area contributed by atoms with Gasteiger partial charge in [-0.25, -0.2) is 26.8 Å².